The van der Waals surface area contributed by atoms with Gasteiger partial charge in [0.05, 0.1) is 6.54 Å². The van der Waals surface area contributed by atoms with Crippen molar-refractivity contribution < 1.29 is 4.39 Å². The molecule has 0 aromatic heterocycles. The summed E-state index contributed by atoms with van der Waals surface area (Å²) in [7, 11) is 4.24. The van der Waals surface area contributed by atoms with Gasteiger partial charge in [0.25, 0.3) is 0 Å². The summed E-state index contributed by atoms with van der Waals surface area (Å²) in [6.07, 6.45) is 3.28. The van der Waals surface area contributed by atoms with E-state index in [0.29, 0.717) is 19.0 Å². The first kappa shape index (κ1) is 21.2. The Hall–Kier alpha value is -0.890. The van der Waals surface area contributed by atoms with Crippen molar-refractivity contribution in [3.8, 4) is 0 Å². The highest BCUT2D eigenvalue weighted by Crippen LogP contribution is 2.34. The zero-order valence-electron chi connectivity index (χ0n) is 14.9. The third-order valence-corrected chi connectivity index (χ3v) is 4.25. The lowest BCUT2D eigenvalue weighted by Crippen LogP contribution is -2.40. The predicted octanol–water partition coefficient (Wildman–Crippen LogP) is 2.88. The van der Waals surface area contributed by atoms with E-state index in [2.05, 4.69) is 36.6 Å². The number of halogens is 2. The monoisotopic (exact) mass is 448 g/mol. The van der Waals surface area contributed by atoms with Crippen molar-refractivity contribution in [2.24, 2.45) is 10.9 Å². The second kappa shape index (κ2) is 10.9. The number of benzene rings is 1. The lowest BCUT2D eigenvalue weighted by atomic mass is 10.1. The van der Waals surface area contributed by atoms with Crippen molar-refractivity contribution in [3.63, 3.8) is 0 Å². The maximum absolute atomic E-state index is 13.6. The van der Waals surface area contributed by atoms with Crippen molar-refractivity contribution in [1.82, 2.24) is 15.5 Å². The highest BCUT2D eigenvalue weighted by atomic mass is 127. The van der Waals surface area contributed by atoms with Crippen LogP contribution in [0.3, 0.4) is 0 Å². The number of nitrogens with zero attached hydrogens (tertiary/aromatic N) is 2. The fraction of sp³-hybridized carbons (Fsp3) is 0.611. The summed E-state index contributed by atoms with van der Waals surface area (Å²) in [5, 5.41) is 6.57. The van der Waals surface area contributed by atoms with E-state index in [-0.39, 0.29) is 29.8 Å². The van der Waals surface area contributed by atoms with Gasteiger partial charge in [-0.1, -0.05) is 18.2 Å². The van der Waals surface area contributed by atoms with Crippen molar-refractivity contribution in [3.05, 3.63) is 35.6 Å². The summed E-state index contributed by atoms with van der Waals surface area (Å²) in [6.45, 7) is 4.34. The van der Waals surface area contributed by atoms with Crippen LogP contribution in [0.15, 0.2) is 29.3 Å². The van der Waals surface area contributed by atoms with Gasteiger partial charge in [-0.25, -0.2) is 4.39 Å². The van der Waals surface area contributed by atoms with Crippen LogP contribution in [0.25, 0.3) is 0 Å². The van der Waals surface area contributed by atoms with Crippen LogP contribution in [0.4, 0.5) is 4.39 Å². The molecule has 1 unspecified atom stereocenters. The molecule has 0 heterocycles. The molecule has 136 valence electrons. The van der Waals surface area contributed by atoms with Gasteiger partial charge >= 0.3 is 0 Å². The second-order valence-electron chi connectivity index (χ2n) is 6.36. The molecule has 1 fully saturated rings. The maximum Gasteiger partial charge on any atom is 0.191 e. The third-order valence-electron chi connectivity index (χ3n) is 4.25. The molecule has 6 heteroatoms. The van der Waals surface area contributed by atoms with Gasteiger partial charge in [0, 0.05) is 19.1 Å². The van der Waals surface area contributed by atoms with Crippen molar-refractivity contribution in [1.29, 1.82) is 0 Å². The minimum atomic E-state index is -0.141. The van der Waals surface area contributed by atoms with Gasteiger partial charge in [-0.2, -0.15) is 0 Å². The Labute approximate surface area is 162 Å². The van der Waals surface area contributed by atoms with Gasteiger partial charge in [0.2, 0.25) is 0 Å². The Morgan fingerprint density at radius 2 is 2.00 bits per heavy atom. The fourth-order valence-corrected chi connectivity index (χ4v) is 2.76. The molecule has 1 aliphatic carbocycles. The highest BCUT2D eigenvalue weighted by molar-refractivity contribution is 14.0. The van der Waals surface area contributed by atoms with Gasteiger partial charge in [-0.3, -0.25) is 4.99 Å². The summed E-state index contributed by atoms with van der Waals surface area (Å²) < 4.78 is 13.6. The van der Waals surface area contributed by atoms with Crippen molar-refractivity contribution >= 4 is 29.9 Å². The Morgan fingerprint density at radius 3 is 2.58 bits per heavy atom. The van der Waals surface area contributed by atoms with Crippen LogP contribution in [-0.2, 0) is 6.42 Å². The van der Waals surface area contributed by atoms with E-state index in [9.17, 15) is 4.39 Å². The van der Waals surface area contributed by atoms with E-state index < -0.39 is 0 Å². The number of hydrogen-bond donors (Lipinski definition) is 2. The smallest absolute Gasteiger partial charge is 0.191 e. The molecule has 1 saturated carbocycles. The molecule has 1 aromatic carbocycles. The van der Waals surface area contributed by atoms with Gasteiger partial charge in [-0.05, 0) is 57.8 Å². The molecule has 2 rings (SSSR count). The topological polar surface area (TPSA) is 39.7 Å². The zero-order valence-corrected chi connectivity index (χ0v) is 17.2. The van der Waals surface area contributed by atoms with E-state index in [0.717, 1.165) is 30.5 Å². The van der Waals surface area contributed by atoms with Crippen LogP contribution in [-0.4, -0.2) is 50.6 Å². The number of rotatable bonds is 8. The molecule has 0 aliphatic heterocycles. The van der Waals surface area contributed by atoms with Gasteiger partial charge in [-0.15, -0.1) is 24.0 Å². The second-order valence-corrected chi connectivity index (χ2v) is 6.36. The predicted molar refractivity (Wildman–Crippen MR) is 110 cm³/mol. The Kier molecular flexibility index (Phi) is 9.58. The molecule has 1 aliphatic rings. The van der Waals surface area contributed by atoms with E-state index >= 15 is 0 Å². The first-order chi connectivity index (χ1) is 11.1. The summed E-state index contributed by atoms with van der Waals surface area (Å²) in [4.78, 5) is 6.98. The van der Waals surface area contributed by atoms with Crippen LogP contribution in [0.1, 0.15) is 25.3 Å². The minimum absolute atomic E-state index is 0. The van der Waals surface area contributed by atoms with Crippen LogP contribution >= 0.6 is 24.0 Å². The molecule has 0 amide bonds. The van der Waals surface area contributed by atoms with E-state index in [1.54, 1.807) is 6.07 Å². The normalized spacial score (nSPS) is 15.8. The molecule has 0 saturated heterocycles. The molecule has 1 aromatic rings. The highest BCUT2D eigenvalue weighted by Gasteiger charge is 2.32. The Morgan fingerprint density at radius 1 is 1.29 bits per heavy atom. The SMILES string of the molecule is CCNC(=NCC(C1CC1)N(C)C)NCCc1ccccc1F.I. The lowest BCUT2D eigenvalue weighted by molar-refractivity contribution is 0.271. The first-order valence-electron chi connectivity index (χ1n) is 8.53. The van der Waals surface area contributed by atoms with Gasteiger partial charge < -0.3 is 15.5 Å². The molecular weight excluding hydrogens is 418 g/mol. The standard InChI is InChI=1S/C18H29FN4.HI/c1-4-20-18(22-13-17(23(2)3)15-9-10-15)21-12-11-14-7-5-6-8-16(14)19;/h5-8,15,17H,4,9-13H2,1-3H3,(H2,20,21,22);1H. The first-order valence-corrected chi connectivity index (χ1v) is 8.53. The molecular formula is C18H30FIN4. The third kappa shape index (κ3) is 6.93. The lowest BCUT2D eigenvalue weighted by Gasteiger charge is -2.23. The average Bonchev–Trinajstić information content (AvgIpc) is 3.34. The maximum atomic E-state index is 13.6. The zero-order chi connectivity index (χ0) is 16.7. The summed E-state index contributed by atoms with van der Waals surface area (Å²) in [5.74, 6) is 1.46. The summed E-state index contributed by atoms with van der Waals surface area (Å²) in [5.41, 5.74) is 0.736. The van der Waals surface area contributed by atoms with Crippen LogP contribution < -0.4 is 10.6 Å². The van der Waals surface area contributed by atoms with Crippen molar-refractivity contribution in [2.75, 3.05) is 33.7 Å². The molecule has 24 heavy (non-hydrogen) atoms. The van der Waals surface area contributed by atoms with Crippen LogP contribution in [0.2, 0.25) is 0 Å². The fourth-order valence-electron chi connectivity index (χ4n) is 2.76. The van der Waals surface area contributed by atoms with Crippen molar-refractivity contribution in [2.45, 2.75) is 32.2 Å². The number of guanidine groups is 1. The molecule has 0 spiro atoms. The quantitative estimate of drug-likeness (QED) is 0.365. The van der Waals surface area contributed by atoms with E-state index in [4.69, 9.17) is 4.99 Å². The van der Waals surface area contributed by atoms with Crippen LogP contribution in [0, 0.1) is 11.7 Å². The molecule has 2 N–H and O–H groups in total. The molecule has 0 bridgehead atoms. The van der Waals surface area contributed by atoms with E-state index in [1.165, 1.54) is 18.9 Å². The largest absolute Gasteiger partial charge is 0.357 e. The van der Waals surface area contributed by atoms with Gasteiger partial charge in [0.15, 0.2) is 5.96 Å². The number of nitrogens with one attached hydrogen (secondary N) is 2. The molecule has 0 radical (unpaired) electrons. The minimum Gasteiger partial charge on any atom is -0.357 e. The van der Waals surface area contributed by atoms with Gasteiger partial charge in [0.1, 0.15) is 5.82 Å². The van der Waals surface area contributed by atoms with E-state index in [1.807, 2.05) is 12.1 Å². The van der Waals surface area contributed by atoms with Crippen LogP contribution in [0.5, 0.6) is 0 Å². The average molecular weight is 448 g/mol. The molecule has 4 nitrogen and oxygen atoms in total. The Bertz CT molecular complexity index is 515. The number of aliphatic imine (C=N–C) groups is 1. The Balaban J connectivity index is 0.00000288. The summed E-state index contributed by atoms with van der Waals surface area (Å²) >= 11 is 0. The number of hydrogen-bond acceptors (Lipinski definition) is 2. The summed E-state index contributed by atoms with van der Waals surface area (Å²) in [6, 6.07) is 7.44. The molecule has 1 atom stereocenters. The number of likely N-dealkylation sites (N-methyl/N-ethyl adjacent to an activating group) is 1.